The van der Waals surface area contributed by atoms with Crippen molar-refractivity contribution in [1.29, 1.82) is 0 Å². The minimum atomic E-state index is -3.26. The summed E-state index contributed by atoms with van der Waals surface area (Å²) < 4.78 is 28.4. The molecule has 0 spiro atoms. The lowest BCUT2D eigenvalue weighted by molar-refractivity contribution is 0.417. The quantitative estimate of drug-likeness (QED) is 0.787. The van der Waals surface area contributed by atoms with E-state index in [0.29, 0.717) is 25.6 Å². The average Bonchev–Trinajstić information content (AvgIpc) is 2.86. The Morgan fingerprint density at radius 1 is 1.18 bits per heavy atom. The number of hydrogen-bond donors (Lipinski definition) is 2. The van der Waals surface area contributed by atoms with Gasteiger partial charge in [-0.3, -0.25) is 0 Å². The molecule has 0 aromatic carbocycles. The van der Waals surface area contributed by atoms with E-state index in [1.807, 2.05) is 0 Å². The molecular formula is C10H22ClN3O2S. The predicted octanol–water partition coefficient (Wildman–Crippen LogP) is 0.466. The van der Waals surface area contributed by atoms with Crippen LogP contribution in [0, 0.1) is 5.92 Å². The van der Waals surface area contributed by atoms with Gasteiger partial charge in [-0.15, -0.1) is 12.4 Å². The lowest BCUT2D eigenvalue weighted by atomic mass is 10.1. The predicted molar refractivity (Wildman–Crippen MR) is 70.3 cm³/mol. The Morgan fingerprint density at radius 2 is 1.82 bits per heavy atom. The second-order valence-electron chi connectivity index (χ2n) is 4.76. The average molecular weight is 284 g/mol. The molecule has 102 valence electrons. The fraction of sp³-hybridized carbons (Fsp3) is 1.00. The zero-order valence-corrected chi connectivity index (χ0v) is 11.6. The van der Waals surface area contributed by atoms with Crippen molar-refractivity contribution in [2.24, 2.45) is 11.7 Å². The minimum absolute atomic E-state index is 0. The molecule has 1 saturated heterocycles. The summed E-state index contributed by atoms with van der Waals surface area (Å²) in [6, 6.07) is 0.0515. The molecule has 3 N–H and O–H groups in total. The first-order chi connectivity index (χ1) is 7.63. The van der Waals surface area contributed by atoms with Gasteiger partial charge in [-0.1, -0.05) is 6.42 Å². The van der Waals surface area contributed by atoms with Gasteiger partial charge in [-0.05, 0) is 38.1 Å². The van der Waals surface area contributed by atoms with Gasteiger partial charge in [0.15, 0.2) is 0 Å². The van der Waals surface area contributed by atoms with Crippen molar-refractivity contribution in [3.63, 3.8) is 0 Å². The second-order valence-corrected chi connectivity index (χ2v) is 6.46. The molecule has 2 rings (SSSR count). The summed E-state index contributed by atoms with van der Waals surface area (Å²) in [6.45, 7) is 1.90. The van der Waals surface area contributed by atoms with E-state index >= 15 is 0 Å². The van der Waals surface area contributed by atoms with E-state index in [9.17, 15) is 8.42 Å². The van der Waals surface area contributed by atoms with Gasteiger partial charge >= 0.3 is 0 Å². The van der Waals surface area contributed by atoms with Gasteiger partial charge in [0.1, 0.15) is 0 Å². The summed E-state index contributed by atoms with van der Waals surface area (Å²) in [5, 5.41) is 0. The lowest BCUT2D eigenvalue weighted by Crippen LogP contribution is -2.46. The Balaban J connectivity index is 0.00000144. The third kappa shape index (κ3) is 3.54. The van der Waals surface area contributed by atoms with Gasteiger partial charge in [0.05, 0.1) is 0 Å². The van der Waals surface area contributed by atoms with E-state index < -0.39 is 10.2 Å². The van der Waals surface area contributed by atoms with Crippen molar-refractivity contribution in [3.8, 4) is 0 Å². The van der Waals surface area contributed by atoms with Crippen LogP contribution in [-0.4, -0.2) is 38.4 Å². The third-order valence-corrected chi connectivity index (χ3v) is 5.31. The van der Waals surface area contributed by atoms with Crippen LogP contribution in [0.3, 0.4) is 0 Å². The zero-order chi connectivity index (χ0) is 11.6. The Morgan fingerprint density at radius 3 is 2.41 bits per heavy atom. The fourth-order valence-electron chi connectivity index (χ4n) is 2.67. The first-order valence-electron chi connectivity index (χ1n) is 6.11. The third-order valence-electron chi connectivity index (χ3n) is 3.67. The zero-order valence-electron chi connectivity index (χ0n) is 9.97. The molecule has 2 aliphatic rings. The molecule has 5 nitrogen and oxygen atoms in total. The molecule has 0 bridgehead atoms. The van der Waals surface area contributed by atoms with Gasteiger partial charge < -0.3 is 5.73 Å². The maximum Gasteiger partial charge on any atom is 0.279 e. The van der Waals surface area contributed by atoms with Crippen molar-refractivity contribution >= 4 is 22.6 Å². The lowest BCUT2D eigenvalue weighted by Gasteiger charge is -2.23. The maximum atomic E-state index is 12.0. The van der Waals surface area contributed by atoms with E-state index in [4.69, 9.17) is 5.73 Å². The van der Waals surface area contributed by atoms with Crippen molar-refractivity contribution in [2.75, 3.05) is 19.6 Å². The monoisotopic (exact) mass is 283 g/mol. The Labute approximate surface area is 110 Å². The number of rotatable bonds is 4. The molecule has 17 heavy (non-hydrogen) atoms. The summed E-state index contributed by atoms with van der Waals surface area (Å²) in [7, 11) is -3.26. The number of hydrogen-bond acceptors (Lipinski definition) is 3. The summed E-state index contributed by atoms with van der Waals surface area (Å²) in [5.41, 5.74) is 5.65. The van der Waals surface area contributed by atoms with Crippen LogP contribution in [0.15, 0.2) is 0 Å². The van der Waals surface area contributed by atoms with Gasteiger partial charge in [-0.2, -0.15) is 17.4 Å². The van der Waals surface area contributed by atoms with E-state index in [2.05, 4.69) is 4.72 Å². The smallest absolute Gasteiger partial charge is 0.279 e. The molecule has 7 heteroatoms. The number of halogens is 1. The van der Waals surface area contributed by atoms with Crippen LogP contribution in [0.25, 0.3) is 0 Å². The Bertz CT molecular complexity index is 330. The van der Waals surface area contributed by atoms with Gasteiger partial charge in [-0.25, -0.2) is 0 Å². The van der Waals surface area contributed by atoms with Crippen molar-refractivity contribution < 1.29 is 8.42 Å². The fourth-order valence-corrected chi connectivity index (χ4v) is 4.25. The molecule has 1 aliphatic heterocycles. The highest BCUT2D eigenvalue weighted by Crippen LogP contribution is 2.26. The van der Waals surface area contributed by atoms with Crippen molar-refractivity contribution in [1.82, 2.24) is 9.03 Å². The summed E-state index contributed by atoms with van der Waals surface area (Å²) in [4.78, 5) is 0. The van der Waals surface area contributed by atoms with E-state index in [1.54, 1.807) is 4.31 Å². The summed E-state index contributed by atoms with van der Waals surface area (Å²) >= 11 is 0. The molecule has 1 aliphatic carbocycles. The Hall–Kier alpha value is 0.120. The molecule has 0 aromatic heterocycles. The van der Waals surface area contributed by atoms with Crippen LogP contribution >= 0.6 is 12.4 Å². The van der Waals surface area contributed by atoms with Crippen molar-refractivity contribution in [3.05, 3.63) is 0 Å². The normalized spacial score (nSPS) is 30.4. The Kier molecular flexibility index (Phi) is 5.66. The molecule has 1 heterocycles. The van der Waals surface area contributed by atoms with Crippen molar-refractivity contribution in [2.45, 2.75) is 38.1 Å². The van der Waals surface area contributed by atoms with E-state index in [1.165, 1.54) is 0 Å². The molecule has 2 atom stereocenters. The highest BCUT2D eigenvalue weighted by Gasteiger charge is 2.33. The minimum Gasteiger partial charge on any atom is -0.330 e. The maximum absolute atomic E-state index is 12.0. The van der Waals surface area contributed by atoms with Crippen LogP contribution in [0.4, 0.5) is 0 Å². The number of nitrogens with zero attached hydrogens (tertiary/aromatic N) is 1. The number of nitrogens with one attached hydrogen (secondary N) is 1. The summed E-state index contributed by atoms with van der Waals surface area (Å²) in [5.74, 6) is 0.317. The number of nitrogens with two attached hydrogens (primary N) is 1. The highest BCUT2D eigenvalue weighted by molar-refractivity contribution is 7.87. The standard InChI is InChI=1S/C10H21N3O2S.ClH/c11-8-9-4-3-5-10(9)12-16(14,15)13-6-1-2-7-13;/h9-10,12H,1-8,11H2;1H. The van der Waals surface area contributed by atoms with E-state index in [0.717, 1.165) is 32.1 Å². The SMILES string of the molecule is Cl.NCC1CCCC1NS(=O)(=O)N1CCCC1. The molecular weight excluding hydrogens is 262 g/mol. The largest absolute Gasteiger partial charge is 0.330 e. The van der Waals surface area contributed by atoms with Gasteiger partial charge in [0.2, 0.25) is 0 Å². The molecule has 1 saturated carbocycles. The van der Waals surface area contributed by atoms with Crippen LogP contribution < -0.4 is 10.5 Å². The van der Waals surface area contributed by atoms with Crippen LogP contribution in [0.1, 0.15) is 32.1 Å². The van der Waals surface area contributed by atoms with Crippen LogP contribution in [0.5, 0.6) is 0 Å². The molecule has 0 radical (unpaired) electrons. The first-order valence-corrected chi connectivity index (χ1v) is 7.55. The first kappa shape index (κ1) is 15.2. The molecule has 2 fully saturated rings. The molecule has 0 amide bonds. The topological polar surface area (TPSA) is 75.4 Å². The van der Waals surface area contributed by atoms with E-state index in [-0.39, 0.29) is 18.4 Å². The van der Waals surface area contributed by atoms with Crippen LogP contribution in [0.2, 0.25) is 0 Å². The second kappa shape index (κ2) is 6.33. The molecule has 0 aromatic rings. The highest BCUT2D eigenvalue weighted by atomic mass is 35.5. The van der Waals surface area contributed by atoms with Crippen LogP contribution in [-0.2, 0) is 10.2 Å². The summed E-state index contributed by atoms with van der Waals surface area (Å²) in [6.07, 6.45) is 5.01. The molecule has 2 unspecified atom stereocenters. The van der Waals surface area contributed by atoms with Gasteiger partial charge in [0, 0.05) is 19.1 Å². The van der Waals surface area contributed by atoms with Gasteiger partial charge in [0.25, 0.3) is 10.2 Å².